The Bertz CT molecular complexity index is 942. The Hall–Kier alpha value is -3.21. The first-order valence-electron chi connectivity index (χ1n) is 8.66. The zero-order valence-electron chi connectivity index (χ0n) is 14.5. The summed E-state index contributed by atoms with van der Waals surface area (Å²) in [4.78, 5) is 22.7. The molecule has 2 heterocycles. The Morgan fingerprint density at radius 3 is 2.04 bits per heavy atom. The second-order valence-corrected chi connectivity index (χ2v) is 6.39. The van der Waals surface area contributed by atoms with Crippen LogP contribution >= 0.6 is 0 Å². The minimum absolute atomic E-state index is 0.309. The molecule has 1 N–H and O–H groups in total. The van der Waals surface area contributed by atoms with Crippen LogP contribution in [0.4, 0.5) is 4.79 Å². The standard InChI is InChI=1S/C21H19N3O2/c1-14-18-17(12-13-24(14)21(25)26)22-19(15-8-4-2-5-9-15)20(23-18)16-10-6-3-7-11-16/h2-11,14H,12-13H2,1H3,(H,25,26). The quantitative estimate of drug-likeness (QED) is 0.747. The Balaban J connectivity index is 1.92. The third kappa shape index (κ3) is 2.81. The van der Waals surface area contributed by atoms with Crippen LogP contribution in [0.15, 0.2) is 60.7 Å². The normalized spacial score (nSPS) is 16.2. The summed E-state index contributed by atoms with van der Waals surface area (Å²) in [6, 6.07) is 19.6. The molecular formula is C21H19N3O2. The second-order valence-electron chi connectivity index (χ2n) is 6.39. The van der Waals surface area contributed by atoms with Gasteiger partial charge in [0.05, 0.1) is 28.8 Å². The van der Waals surface area contributed by atoms with E-state index in [9.17, 15) is 9.90 Å². The van der Waals surface area contributed by atoms with Gasteiger partial charge < -0.3 is 5.11 Å². The van der Waals surface area contributed by atoms with E-state index in [-0.39, 0.29) is 6.04 Å². The van der Waals surface area contributed by atoms with Crippen LogP contribution in [-0.2, 0) is 6.42 Å². The molecule has 0 spiro atoms. The monoisotopic (exact) mass is 345 g/mol. The van der Waals surface area contributed by atoms with Gasteiger partial charge in [-0.3, -0.25) is 4.90 Å². The summed E-state index contributed by atoms with van der Waals surface area (Å²) >= 11 is 0. The summed E-state index contributed by atoms with van der Waals surface area (Å²) < 4.78 is 0. The van der Waals surface area contributed by atoms with E-state index in [0.29, 0.717) is 13.0 Å². The third-order valence-corrected chi connectivity index (χ3v) is 4.79. The fourth-order valence-electron chi connectivity index (χ4n) is 3.43. The van der Waals surface area contributed by atoms with Crippen molar-refractivity contribution in [2.75, 3.05) is 6.54 Å². The maximum Gasteiger partial charge on any atom is 0.407 e. The molecule has 1 aliphatic rings. The average molecular weight is 345 g/mol. The van der Waals surface area contributed by atoms with Gasteiger partial charge in [-0.25, -0.2) is 14.8 Å². The van der Waals surface area contributed by atoms with E-state index < -0.39 is 6.09 Å². The molecule has 2 aromatic carbocycles. The third-order valence-electron chi connectivity index (χ3n) is 4.79. The Morgan fingerprint density at radius 2 is 1.50 bits per heavy atom. The van der Waals surface area contributed by atoms with Crippen molar-refractivity contribution in [2.45, 2.75) is 19.4 Å². The van der Waals surface area contributed by atoms with Gasteiger partial charge in [0.25, 0.3) is 0 Å². The maximum atomic E-state index is 11.5. The lowest BCUT2D eigenvalue weighted by Crippen LogP contribution is -2.39. The molecular weight excluding hydrogens is 326 g/mol. The van der Waals surface area contributed by atoms with E-state index in [0.717, 1.165) is 33.9 Å². The number of amides is 1. The van der Waals surface area contributed by atoms with Gasteiger partial charge in [-0.1, -0.05) is 60.7 Å². The second kappa shape index (κ2) is 6.59. The summed E-state index contributed by atoms with van der Waals surface area (Å²) in [5, 5.41) is 9.43. The van der Waals surface area contributed by atoms with Crippen LogP contribution in [0.5, 0.6) is 0 Å². The number of nitrogens with zero attached hydrogens (tertiary/aromatic N) is 3. The Morgan fingerprint density at radius 1 is 0.962 bits per heavy atom. The van der Waals surface area contributed by atoms with Crippen LogP contribution in [0, 0.1) is 0 Å². The first-order valence-corrected chi connectivity index (χ1v) is 8.66. The van der Waals surface area contributed by atoms with Gasteiger partial charge in [0, 0.05) is 24.1 Å². The van der Waals surface area contributed by atoms with E-state index in [1.54, 1.807) is 0 Å². The highest BCUT2D eigenvalue weighted by Gasteiger charge is 2.31. The van der Waals surface area contributed by atoms with E-state index in [1.807, 2.05) is 67.6 Å². The lowest BCUT2D eigenvalue weighted by atomic mass is 9.99. The molecule has 0 bridgehead atoms. The molecule has 1 unspecified atom stereocenters. The molecule has 1 atom stereocenters. The van der Waals surface area contributed by atoms with Gasteiger partial charge in [0.15, 0.2) is 0 Å². The van der Waals surface area contributed by atoms with Crippen molar-refractivity contribution < 1.29 is 9.90 Å². The van der Waals surface area contributed by atoms with Crippen molar-refractivity contribution in [3.8, 4) is 22.5 Å². The van der Waals surface area contributed by atoms with E-state index >= 15 is 0 Å². The van der Waals surface area contributed by atoms with Crippen LogP contribution < -0.4 is 0 Å². The molecule has 130 valence electrons. The zero-order chi connectivity index (χ0) is 18.1. The number of fused-ring (bicyclic) bond motifs is 1. The van der Waals surface area contributed by atoms with Crippen molar-refractivity contribution in [2.24, 2.45) is 0 Å². The molecule has 5 heteroatoms. The Labute approximate surface area is 152 Å². The first-order chi connectivity index (χ1) is 12.6. The number of aromatic nitrogens is 2. The number of carboxylic acid groups (broad SMARTS) is 1. The summed E-state index contributed by atoms with van der Waals surface area (Å²) in [6.07, 6.45) is -0.341. The topological polar surface area (TPSA) is 66.3 Å². The number of benzene rings is 2. The smallest absolute Gasteiger partial charge is 0.407 e. The maximum absolute atomic E-state index is 11.5. The molecule has 0 saturated carbocycles. The fourth-order valence-corrected chi connectivity index (χ4v) is 3.43. The van der Waals surface area contributed by atoms with Gasteiger partial charge in [-0.2, -0.15) is 0 Å². The molecule has 4 rings (SSSR count). The van der Waals surface area contributed by atoms with Crippen molar-refractivity contribution in [3.05, 3.63) is 72.1 Å². The number of hydrogen-bond donors (Lipinski definition) is 1. The predicted molar refractivity (Wildman–Crippen MR) is 99.8 cm³/mol. The van der Waals surface area contributed by atoms with Crippen LogP contribution in [-0.4, -0.2) is 32.6 Å². The predicted octanol–water partition coefficient (Wildman–Crippen LogP) is 4.41. The number of carbonyl (C=O) groups is 1. The highest BCUT2D eigenvalue weighted by molar-refractivity contribution is 5.78. The molecule has 5 nitrogen and oxygen atoms in total. The molecule has 0 saturated heterocycles. The van der Waals surface area contributed by atoms with E-state index in [1.165, 1.54) is 4.90 Å². The summed E-state index contributed by atoms with van der Waals surface area (Å²) in [5.74, 6) is 0. The first kappa shape index (κ1) is 16.3. The molecule has 1 amide bonds. The van der Waals surface area contributed by atoms with Crippen LogP contribution in [0.3, 0.4) is 0 Å². The van der Waals surface area contributed by atoms with Gasteiger partial charge >= 0.3 is 6.09 Å². The summed E-state index contributed by atoms with van der Waals surface area (Å²) in [7, 11) is 0. The molecule has 1 aliphatic heterocycles. The molecule has 0 fully saturated rings. The molecule has 0 aliphatic carbocycles. The summed E-state index contributed by atoms with van der Waals surface area (Å²) in [5.41, 5.74) is 5.24. The van der Waals surface area contributed by atoms with Crippen molar-refractivity contribution in [3.63, 3.8) is 0 Å². The molecule has 3 aromatic rings. The molecule has 0 radical (unpaired) electrons. The minimum atomic E-state index is -0.918. The molecule has 1 aromatic heterocycles. The number of hydrogen-bond acceptors (Lipinski definition) is 3. The zero-order valence-corrected chi connectivity index (χ0v) is 14.5. The van der Waals surface area contributed by atoms with Crippen molar-refractivity contribution in [1.82, 2.24) is 14.9 Å². The van der Waals surface area contributed by atoms with Gasteiger partial charge in [-0.05, 0) is 6.92 Å². The van der Waals surface area contributed by atoms with Crippen LogP contribution in [0.1, 0.15) is 24.4 Å². The van der Waals surface area contributed by atoms with Crippen molar-refractivity contribution in [1.29, 1.82) is 0 Å². The van der Waals surface area contributed by atoms with E-state index in [2.05, 4.69) is 0 Å². The minimum Gasteiger partial charge on any atom is -0.465 e. The Kier molecular flexibility index (Phi) is 4.13. The SMILES string of the molecule is CC1c2nc(-c3ccccc3)c(-c3ccccc3)nc2CCN1C(=O)O. The molecule has 26 heavy (non-hydrogen) atoms. The fraction of sp³-hybridized carbons (Fsp3) is 0.190. The van der Waals surface area contributed by atoms with Gasteiger partial charge in [0.2, 0.25) is 0 Å². The average Bonchev–Trinajstić information content (AvgIpc) is 2.68. The lowest BCUT2D eigenvalue weighted by molar-refractivity contribution is 0.122. The van der Waals surface area contributed by atoms with Crippen LogP contribution in [0.25, 0.3) is 22.5 Å². The van der Waals surface area contributed by atoms with Gasteiger partial charge in [0.1, 0.15) is 0 Å². The van der Waals surface area contributed by atoms with Gasteiger partial charge in [-0.15, -0.1) is 0 Å². The lowest BCUT2D eigenvalue weighted by Gasteiger charge is -2.32. The van der Waals surface area contributed by atoms with Crippen molar-refractivity contribution >= 4 is 6.09 Å². The summed E-state index contributed by atoms with van der Waals surface area (Å²) in [6.45, 7) is 2.31. The van der Waals surface area contributed by atoms with E-state index in [4.69, 9.17) is 9.97 Å². The highest BCUT2D eigenvalue weighted by Crippen LogP contribution is 2.34. The van der Waals surface area contributed by atoms with Crippen LogP contribution in [0.2, 0.25) is 0 Å². The largest absolute Gasteiger partial charge is 0.465 e. The number of rotatable bonds is 2. The highest BCUT2D eigenvalue weighted by atomic mass is 16.4.